The Balaban J connectivity index is 2.24. The van der Waals surface area contributed by atoms with Crippen LogP contribution in [0.2, 0.25) is 0 Å². The van der Waals surface area contributed by atoms with Gasteiger partial charge in [0.2, 0.25) is 0 Å². The number of aliphatic hydroxyl groups is 1. The molecular formula is C7H15NO2. The highest BCUT2D eigenvalue weighted by Gasteiger charge is 2.20. The van der Waals surface area contributed by atoms with Crippen LogP contribution in [-0.2, 0) is 4.74 Å². The molecule has 1 aliphatic rings. The van der Waals surface area contributed by atoms with Crippen molar-refractivity contribution >= 4 is 0 Å². The Bertz CT molecular complexity index is 91.6. The summed E-state index contributed by atoms with van der Waals surface area (Å²) in [7, 11) is 0. The van der Waals surface area contributed by atoms with Crippen LogP contribution < -0.4 is 5.73 Å². The summed E-state index contributed by atoms with van der Waals surface area (Å²) in [6.07, 6.45) is 1.75. The van der Waals surface area contributed by atoms with Gasteiger partial charge in [-0.2, -0.15) is 0 Å². The smallest absolute Gasteiger partial charge is 0.0712 e. The molecule has 0 saturated carbocycles. The molecule has 0 aliphatic carbocycles. The average molecular weight is 145 g/mol. The maximum atomic E-state index is 9.28. The lowest BCUT2D eigenvalue weighted by Crippen LogP contribution is -2.34. The number of ether oxygens (including phenoxy) is 1. The Morgan fingerprint density at radius 3 is 3.00 bits per heavy atom. The molecule has 10 heavy (non-hydrogen) atoms. The molecule has 3 N–H and O–H groups in total. The van der Waals surface area contributed by atoms with E-state index in [1.807, 2.05) is 0 Å². The molecule has 0 radical (unpaired) electrons. The minimum absolute atomic E-state index is 0.277. The van der Waals surface area contributed by atoms with Crippen LogP contribution in [0.1, 0.15) is 12.8 Å². The molecule has 1 fully saturated rings. The highest BCUT2D eigenvalue weighted by atomic mass is 16.5. The molecule has 60 valence electrons. The van der Waals surface area contributed by atoms with E-state index in [4.69, 9.17) is 10.5 Å². The summed E-state index contributed by atoms with van der Waals surface area (Å²) in [5.41, 5.74) is 5.30. The molecule has 2 atom stereocenters. The molecule has 0 amide bonds. The minimum atomic E-state index is -0.361. The quantitative estimate of drug-likeness (QED) is 0.562. The van der Waals surface area contributed by atoms with Crippen molar-refractivity contribution in [3.63, 3.8) is 0 Å². The van der Waals surface area contributed by atoms with Gasteiger partial charge >= 0.3 is 0 Å². The van der Waals surface area contributed by atoms with Gasteiger partial charge in [-0.05, 0) is 12.8 Å². The number of rotatable bonds is 2. The van der Waals surface area contributed by atoms with Gasteiger partial charge in [0.15, 0.2) is 0 Å². The predicted molar refractivity (Wildman–Crippen MR) is 38.6 cm³/mol. The number of hydrogen-bond donors (Lipinski definition) is 2. The zero-order valence-electron chi connectivity index (χ0n) is 6.12. The molecule has 1 aliphatic heterocycles. The molecule has 3 heteroatoms. The third kappa shape index (κ3) is 1.94. The molecule has 0 aromatic heterocycles. The Morgan fingerprint density at radius 2 is 2.50 bits per heavy atom. The lowest BCUT2D eigenvalue weighted by Gasteiger charge is -2.25. The fraction of sp³-hybridized carbons (Fsp3) is 1.00. The normalized spacial score (nSPS) is 30.0. The summed E-state index contributed by atoms with van der Waals surface area (Å²) in [6, 6.07) is 0. The predicted octanol–water partition coefficient (Wildman–Crippen LogP) is -0.267. The second kappa shape index (κ2) is 3.91. The van der Waals surface area contributed by atoms with Crippen LogP contribution in [0.3, 0.4) is 0 Å². The zero-order chi connectivity index (χ0) is 7.40. The molecule has 0 bridgehead atoms. The zero-order valence-corrected chi connectivity index (χ0v) is 6.12. The standard InChI is InChI=1S/C7H15NO2/c8-4-7(9)6-2-1-3-10-5-6/h6-7,9H,1-5,8H2/t6-,7-/m1/s1. The van der Waals surface area contributed by atoms with E-state index < -0.39 is 0 Å². The number of hydrogen-bond acceptors (Lipinski definition) is 3. The molecule has 1 heterocycles. The van der Waals surface area contributed by atoms with Gasteiger partial charge in [-0.25, -0.2) is 0 Å². The summed E-state index contributed by atoms with van der Waals surface area (Å²) < 4.78 is 5.19. The Kier molecular flexibility index (Phi) is 3.12. The maximum absolute atomic E-state index is 9.28. The highest BCUT2D eigenvalue weighted by Crippen LogP contribution is 2.16. The van der Waals surface area contributed by atoms with Crippen molar-refractivity contribution < 1.29 is 9.84 Å². The highest BCUT2D eigenvalue weighted by molar-refractivity contribution is 4.71. The number of nitrogens with two attached hydrogens (primary N) is 1. The third-order valence-electron chi connectivity index (χ3n) is 1.98. The van der Waals surface area contributed by atoms with Gasteiger partial charge in [-0.15, -0.1) is 0 Å². The Morgan fingerprint density at radius 1 is 1.70 bits per heavy atom. The molecule has 1 rings (SSSR count). The topological polar surface area (TPSA) is 55.5 Å². The second-order valence-corrected chi connectivity index (χ2v) is 2.78. The largest absolute Gasteiger partial charge is 0.391 e. The van der Waals surface area contributed by atoms with Crippen LogP contribution in [0.4, 0.5) is 0 Å². The first-order valence-corrected chi connectivity index (χ1v) is 3.80. The molecule has 0 aromatic rings. The van der Waals surface area contributed by atoms with Crippen LogP contribution in [0.15, 0.2) is 0 Å². The van der Waals surface area contributed by atoms with Crippen LogP contribution in [0.5, 0.6) is 0 Å². The van der Waals surface area contributed by atoms with Crippen LogP contribution in [0.25, 0.3) is 0 Å². The average Bonchev–Trinajstić information content (AvgIpc) is 2.05. The van der Waals surface area contributed by atoms with Gasteiger partial charge in [-0.1, -0.05) is 0 Å². The van der Waals surface area contributed by atoms with Crippen molar-refractivity contribution in [1.82, 2.24) is 0 Å². The lowest BCUT2D eigenvalue weighted by atomic mass is 9.96. The van der Waals surface area contributed by atoms with E-state index >= 15 is 0 Å². The summed E-state index contributed by atoms with van der Waals surface area (Å²) in [4.78, 5) is 0. The lowest BCUT2D eigenvalue weighted by molar-refractivity contribution is -0.00526. The van der Waals surface area contributed by atoms with Crippen molar-refractivity contribution in [2.24, 2.45) is 11.7 Å². The van der Waals surface area contributed by atoms with Crippen LogP contribution >= 0.6 is 0 Å². The summed E-state index contributed by atoms with van der Waals surface area (Å²) >= 11 is 0. The summed E-state index contributed by atoms with van der Waals surface area (Å²) in [5.74, 6) is 0.277. The summed E-state index contributed by atoms with van der Waals surface area (Å²) in [5, 5.41) is 9.28. The van der Waals surface area contributed by atoms with E-state index in [2.05, 4.69) is 0 Å². The Hall–Kier alpha value is -0.120. The Labute approximate surface area is 61.2 Å². The first kappa shape index (κ1) is 7.98. The third-order valence-corrected chi connectivity index (χ3v) is 1.98. The van der Waals surface area contributed by atoms with E-state index in [-0.39, 0.29) is 12.0 Å². The molecule has 0 spiro atoms. The van der Waals surface area contributed by atoms with Gasteiger partial charge in [0, 0.05) is 19.1 Å². The van der Waals surface area contributed by atoms with Crippen molar-refractivity contribution in [2.45, 2.75) is 18.9 Å². The second-order valence-electron chi connectivity index (χ2n) is 2.78. The number of aliphatic hydroxyl groups excluding tert-OH is 1. The molecule has 0 unspecified atom stereocenters. The van der Waals surface area contributed by atoms with Gasteiger partial charge in [0.05, 0.1) is 12.7 Å². The first-order chi connectivity index (χ1) is 4.84. The van der Waals surface area contributed by atoms with Gasteiger partial charge in [0.1, 0.15) is 0 Å². The monoisotopic (exact) mass is 145 g/mol. The molecular weight excluding hydrogens is 130 g/mol. The summed E-state index contributed by atoms with van der Waals surface area (Å²) in [6.45, 7) is 1.88. The fourth-order valence-corrected chi connectivity index (χ4v) is 1.26. The van der Waals surface area contributed by atoms with Gasteiger partial charge < -0.3 is 15.6 Å². The van der Waals surface area contributed by atoms with E-state index in [1.54, 1.807) is 0 Å². The minimum Gasteiger partial charge on any atom is -0.391 e. The first-order valence-electron chi connectivity index (χ1n) is 3.80. The molecule has 0 aromatic carbocycles. The SMILES string of the molecule is NC[C@@H](O)[C@@H]1CCCOC1. The van der Waals surface area contributed by atoms with E-state index in [0.717, 1.165) is 19.4 Å². The van der Waals surface area contributed by atoms with Crippen molar-refractivity contribution in [3.8, 4) is 0 Å². The van der Waals surface area contributed by atoms with E-state index in [1.165, 1.54) is 0 Å². The molecule has 3 nitrogen and oxygen atoms in total. The van der Waals surface area contributed by atoms with Gasteiger partial charge in [0.25, 0.3) is 0 Å². The van der Waals surface area contributed by atoms with Crippen LogP contribution in [-0.4, -0.2) is 31.0 Å². The van der Waals surface area contributed by atoms with Crippen molar-refractivity contribution in [3.05, 3.63) is 0 Å². The van der Waals surface area contributed by atoms with E-state index in [0.29, 0.717) is 13.2 Å². The van der Waals surface area contributed by atoms with Crippen LogP contribution in [0, 0.1) is 5.92 Å². The van der Waals surface area contributed by atoms with Crippen molar-refractivity contribution in [1.29, 1.82) is 0 Å². The van der Waals surface area contributed by atoms with E-state index in [9.17, 15) is 5.11 Å². The molecule has 1 saturated heterocycles. The fourth-order valence-electron chi connectivity index (χ4n) is 1.26. The van der Waals surface area contributed by atoms with Gasteiger partial charge in [-0.3, -0.25) is 0 Å². The van der Waals surface area contributed by atoms with Crippen molar-refractivity contribution in [2.75, 3.05) is 19.8 Å². The maximum Gasteiger partial charge on any atom is 0.0712 e.